The zero-order chi connectivity index (χ0) is 14.5. The monoisotopic (exact) mass is 279 g/mol. The molecule has 0 amide bonds. The molecule has 0 radical (unpaired) electrons. The van der Waals surface area contributed by atoms with Crippen molar-refractivity contribution in [2.24, 2.45) is 5.73 Å². The molecule has 1 atom stereocenters. The van der Waals surface area contributed by atoms with Crippen molar-refractivity contribution in [3.8, 4) is 11.5 Å². The summed E-state index contributed by atoms with van der Waals surface area (Å²) in [4.78, 5) is 0. The lowest BCUT2D eigenvalue weighted by Gasteiger charge is -2.17. The quantitative estimate of drug-likeness (QED) is 0.839. The number of methoxy groups -OCH3 is 1. The summed E-state index contributed by atoms with van der Waals surface area (Å²) in [7, 11) is 1.34. The molecule has 0 aliphatic heterocycles. The van der Waals surface area contributed by atoms with Gasteiger partial charge in [-0.1, -0.05) is 6.07 Å². The molecule has 4 nitrogen and oxygen atoms in total. The number of hydrogen-bond acceptors (Lipinski definition) is 4. The van der Waals surface area contributed by atoms with Crippen molar-refractivity contribution in [3.05, 3.63) is 23.8 Å². The SMILES string of the molecule is COc1cc(OC(F)(F)F)ccc1[C@H](N)CCCO. The zero-order valence-electron chi connectivity index (χ0n) is 10.4. The number of hydrogen-bond donors (Lipinski definition) is 2. The highest BCUT2D eigenvalue weighted by Gasteiger charge is 2.31. The Labute approximate surface area is 108 Å². The fourth-order valence-electron chi connectivity index (χ4n) is 1.66. The summed E-state index contributed by atoms with van der Waals surface area (Å²) in [5.41, 5.74) is 6.46. The summed E-state index contributed by atoms with van der Waals surface area (Å²) < 4.78 is 45.1. The molecule has 0 bridgehead atoms. The van der Waals surface area contributed by atoms with Crippen LogP contribution in [0.25, 0.3) is 0 Å². The van der Waals surface area contributed by atoms with Gasteiger partial charge < -0.3 is 20.3 Å². The topological polar surface area (TPSA) is 64.7 Å². The van der Waals surface area contributed by atoms with Crippen LogP contribution >= 0.6 is 0 Å². The summed E-state index contributed by atoms with van der Waals surface area (Å²) in [5, 5.41) is 8.73. The third kappa shape index (κ3) is 4.96. The highest BCUT2D eigenvalue weighted by molar-refractivity contribution is 5.42. The normalized spacial score (nSPS) is 13.2. The zero-order valence-corrected chi connectivity index (χ0v) is 10.4. The number of alkyl halides is 3. The number of nitrogens with two attached hydrogens (primary N) is 1. The minimum atomic E-state index is -4.74. The largest absolute Gasteiger partial charge is 0.573 e. The van der Waals surface area contributed by atoms with Gasteiger partial charge in [-0.15, -0.1) is 13.2 Å². The van der Waals surface area contributed by atoms with Crippen LogP contribution in [0.5, 0.6) is 11.5 Å². The Morgan fingerprint density at radius 2 is 2.05 bits per heavy atom. The predicted octanol–water partition coefficient (Wildman–Crippen LogP) is 2.37. The first-order valence-electron chi connectivity index (χ1n) is 5.67. The molecule has 0 unspecified atom stereocenters. The summed E-state index contributed by atoms with van der Waals surface area (Å²) in [6.45, 7) is 0.00524. The minimum Gasteiger partial charge on any atom is -0.496 e. The highest BCUT2D eigenvalue weighted by atomic mass is 19.4. The van der Waals surface area contributed by atoms with E-state index in [0.717, 1.165) is 6.07 Å². The molecule has 1 aromatic rings. The van der Waals surface area contributed by atoms with Gasteiger partial charge in [0.1, 0.15) is 11.5 Å². The number of aliphatic hydroxyl groups excluding tert-OH is 1. The van der Waals surface area contributed by atoms with Gasteiger partial charge >= 0.3 is 6.36 Å². The van der Waals surface area contributed by atoms with Crippen molar-refractivity contribution in [1.82, 2.24) is 0 Å². The fraction of sp³-hybridized carbons (Fsp3) is 0.500. The van der Waals surface area contributed by atoms with Gasteiger partial charge in [0, 0.05) is 24.3 Å². The molecular weight excluding hydrogens is 263 g/mol. The van der Waals surface area contributed by atoms with E-state index < -0.39 is 12.4 Å². The third-order valence-electron chi connectivity index (χ3n) is 2.51. The molecule has 0 saturated heterocycles. The Morgan fingerprint density at radius 1 is 1.37 bits per heavy atom. The average Bonchev–Trinajstić information content (AvgIpc) is 2.33. The third-order valence-corrected chi connectivity index (χ3v) is 2.51. The van der Waals surface area contributed by atoms with Crippen LogP contribution in [0, 0.1) is 0 Å². The fourth-order valence-corrected chi connectivity index (χ4v) is 1.66. The molecule has 7 heteroatoms. The molecular formula is C12H16F3NO3. The van der Waals surface area contributed by atoms with E-state index in [1.54, 1.807) is 0 Å². The maximum absolute atomic E-state index is 12.1. The standard InChI is InChI=1S/C12H16F3NO3/c1-18-11-7-8(19-12(13,14)15)4-5-9(11)10(16)3-2-6-17/h4-5,7,10,17H,2-3,6,16H2,1H3/t10-/m1/s1. The van der Waals surface area contributed by atoms with Crippen LogP contribution in [-0.2, 0) is 0 Å². The summed E-state index contributed by atoms with van der Waals surface area (Å²) in [5.74, 6) is -0.130. The van der Waals surface area contributed by atoms with E-state index in [2.05, 4.69) is 4.74 Å². The lowest BCUT2D eigenvalue weighted by atomic mass is 10.0. The van der Waals surface area contributed by atoms with Crippen LogP contribution in [0.3, 0.4) is 0 Å². The number of benzene rings is 1. The van der Waals surface area contributed by atoms with Crippen LogP contribution in [0.15, 0.2) is 18.2 Å². The second kappa shape index (κ2) is 6.63. The Kier molecular flexibility index (Phi) is 5.44. The first kappa shape index (κ1) is 15.6. The second-order valence-electron chi connectivity index (χ2n) is 3.92. The van der Waals surface area contributed by atoms with E-state index in [9.17, 15) is 13.2 Å². The van der Waals surface area contributed by atoms with Crippen LogP contribution in [0.4, 0.5) is 13.2 Å². The molecule has 0 aromatic heterocycles. The van der Waals surface area contributed by atoms with Crippen molar-refractivity contribution in [2.45, 2.75) is 25.2 Å². The Hall–Kier alpha value is -1.47. The molecule has 0 fully saturated rings. The smallest absolute Gasteiger partial charge is 0.496 e. The van der Waals surface area contributed by atoms with Gasteiger partial charge in [0.05, 0.1) is 7.11 Å². The molecule has 0 aliphatic rings. The molecule has 0 heterocycles. The summed E-state index contributed by atoms with van der Waals surface area (Å²) >= 11 is 0. The van der Waals surface area contributed by atoms with Gasteiger partial charge in [0.25, 0.3) is 0 Å². The summed E-state index contributed by atoms with van der Waals surface area (Å²) in [6.07, 6.45) is -3.73. The van der Waals surface area contributed by atoms with E-state index in [0.29, 0.717) is 18.4 Å². The van der Waals surface area contributed by atoms with Crippen molar-refractivity contribution >= 4 is 0 Å². The van der Waals surface area contributed by atoms with Gasteiger partial charge in [-0.05, 0) is 18.9 Å². The molecule has 19 heavy (non-hydrogen) atoms. The highest BCUT2D eigenvalue weighted by Crippen LogP contribution is 2.32. The van der Waals surface area contributed by atoms with Crippen LogP contribution in [0.2, 0.25) is 0 Å². The van der Waals surface area contributed by atoms with Crippen LogP contribution < -0.4 is 15.2 Å². The van der Waals surface area contributed by atoms with Gasteiger partial charge in [-0.2, -0.15) is 0 Å². The number of halogens is 3. The number of ether oxygens (including phenoxy) is 2. The Morgan fingerprint density at radius 3 is 2.58 bits per heavy atom. The number of aliphatic hydroxyl groups is 1. The van der Waals surface area contributed by atoms with Crippen molar-refractivity contribution in [2.75, 3.05) is 13.7 Å². The summed E-state index contributed by atoms with van der Waals surface area (Å²) in [6, 6.07) is 3.34. The first-order chi connectivity index (χ1) is 8.87. The molecule has 0 aliphatic carbocycles. The second-order valence-corrected chi connectivity index (χ2v) is 3.92. The van der Waals surface area contributed by atoms with E-state index in [1.165, 1.54) is 19.2 Å². The Balaban J connectivity index is 2.90. The molecule has 1 rings (SSSR count). The van der Waals surface area contributed by atoms with Crippen molar-refractivity contribution in [1.29, 1.82) is 0 Å². The van der Waals surface area contributed by atoms with Crippen molar-refractivity contribution < 1.29 is 27.8 Å². The minimum absolute atomic E-state index is 0.00524. The molecule has 1 aromatic carbocycles. The van der Waals surface area contributed by atoms with Crippen LogP contribution in [-0.4, -0.2) is 25.2 Å². The van der Waals surface area contributed by atoms with Gasteiger partial charge in [0.2, 0.25) is 0 Å². The van der Waals surface area contributed by atoms with E-state index >= 15 is 0 Å². The molecule has 3 N–H and O–H groups in total. The van der Waals surface area contributed by atoms with E-state index in [-0.39, 0.29) is 18.1 Å². The Bertz CT molecular complexity index is 410. The maximum Gasteiger partial charge on any atom is 0.573 e. The maximum atomic E-state index is 12.1. The van der Waals surface area contributed by atoms with Gasteiger partial charge in [-0.3, -0.25) is 0 Å². The molecule has 108 valence electrons. The van der Waals surface area contributed by atoms with Crippen molar-refractivity contribution in [3.63, 3.8) is 0 Å². The van der Waals surface area contributed by atoms with Gasteiger partial charge in [-0.25, -0.2) is 0 Å². The van der Waals surface area contributed by atoms with E-state index in [1.807, 2.05) is 0 Å². The number of rotatable bonds is 6. The van der Waals surface area contributed by atoms with E-state index in [4.69, 9.17) is 15.6 Å². The molecule has 0 spiro atoms. The van der Waals surface area contributed by atoms with Crippen LogP contribution in [0.1, 0.15) is 24.4 Å². The molecule has 0 saturated carbocycles. The average molecular weight is 279 g/mol. The van der Waals surface area contributed by atoms with Gasteiger partial charge in [0.15, 0.2) is 0 Å². The lowest BCUT2D eigenvalue weighted by molar-refractivity contribution is -0.274. The predicted molar refractivity (Wildman–Crippen MR) is 62.9 cm³/mol. The lowest BCUT2D eigenvalue weighted by Crippen LogP contribution is -2.17. The first-order valence-corrected chi connectivity index (χ1v) is 5.67.